The van der Waals surface area contributed by atoms with Crippen molar-refractivity contribution >= 4 is 22.8 Å². The molecule has 4 aromatic rings. The minimum absolute atomic E-state index is 0.181. The number of aryl methyl sites for hydroxylation is 1. The average molecular weight is 425 g/mol. The number of rotatable bonds is 5. The molecular formula is C21H14F3N5S. The van der Waals surface area contributed by atoms with Gasteiger partial charge in [-0.2, -0.15) is 18.4 Å². The number of fused-ring (bicyclic) bond motifs is 1. The number of nitriles is 1. The normalized spacial score (nSPS) is 11.5. The van der Waals surface area contributed by atoms with Crippen molar-refractivity contribution in [1.29, 1.82) is 5.26 Å². The zero-order chi connectivity index (χ0) is 21.1. The molecule has 150 valence electrons. The van der Waals surface area contributed by atoms with E-state index in [1.807, 2.05) is 36.4 Å². The number of nitrogens with one attached hydrogen (secondary N) is 1. The Balaban J connectivity index is 1.66. The van der Waals surface area contributed by atoms with Crippen LogP contribution in [0.25, 0.3) is 22.3 Å². The van der Waals surface area contributed by atoms with E-state index in [-0.39, 0.29) is 16.6 Å². The van der Waals surface area contributed by atoms with Gasteiger partial charge < -0.3 is 4.98 Å². The average Bonchev–Trinajstić information content (AvgIpc) is 3.17. The van der Waals surface area contributed by atoms with E-state index in [0.717, 1.165) is 24.4 Å². The van der Waals surface area contributed by atoms with Gasteiger partial charge in [0, 0.05) is 35.3 Å². The highest BCUT2D eigenvalue weighted by molar-refractivity contribution is 7.99. The van der Waals surface area contributed by atoms with E-state index < -0.39 is 11.7 Å². The molecule has 1 aromatic carbocycles. The molecule has 0 radical (unpaired) electrons. The molecule has 5 nitrogen and oxygen atoms in total. The summed E-state index contributed by atoms with van der Waals surface area (Å²) in [6, 6.07) is 13.0. The van der Waals surface area contributed by atoms with Crippen LogP contribution in [-0.2, 0) is 12.6 Å². The number of benzene rings is 1. The molecular weight excluding hydrogens is 411 g/mol. The zero-order valence-electron chi connectivity index (χ0n) is 15.4. The number of aromatic nitrogens is 4. The zero-order valence-corrected chi connectivity index (χ0v) is 16.3. The molecule has 4 rings (SSSR count). The van der Waals surface area contributed by atoms with Gasteiger partial charge in [-0.05, 0) is 18.1 Å². The lowest BCUT2D eigenvalue weighted by Crippen LogP contribution is -2.05. The Morgan fingerprint density at radius 1 is 1.10 bits per heavy atom. The standard InChI is InChI=1S/C21H14F3N5S/c22-21(23,24)15-8-16-17(12-27-19(16)26-11-15)18-14(9-25)10-28-20(29-18)30-7-6-13-4-2-1-3-5-13/h1-5,8,10-12H,6-7H2,(H,26,27). The lowest BCUT2D eigenvalue weighted by Gasteiger charge is -2.08. The monoisotopic (exact) mass is 425 g/mol. The maximum atomic E-state index is 13.1. The summed E-state index contributed by atoms with van der Waals surface area (Å²) >= 11 is 1.42. The number of aromatic amines is 1. The van der Waals surface area contributed by atoms with Crippen molar-refractivity contribution in [3.05, 3.63) is 71.7 Å². The van der Waals surface area contributed by atoms with Crippen molar-refractivity contribution in [2.24, 2.45) is 0 Å². The van der Waals surface area contributed by atoms with Gasteiger partial charge >= 0.3 is 6.18 Å². The van der Waals surface area contributed by atoms with E-state index in [9.17, 15) is 18.4 Å². The summed E-state index contributed by atoms with van der Waals surface area (Å²) in [7, 11) is 0. The molecule has 30 heavy (non-hydrogen) atoms. The molecule has 0 fully saturated rings. The van der Waals surface area contributed by atoms with Crippen LogP contribution in [0, 0.1) is 11.3 Å². The largest absolute Gasteiger partial charge is 0.417 e. The molecule has 0 aliphatic heterocycles. The van der Waals surface area contributed by atoms with Gasteiger partial charge in [0.25, 0.3) is 0 Å². The van der Waals surface area contributed by atoms with Gasteiger partial charge in [0.15, 0.2) is 5.16 Å². The van der Waals surface area contributed by atoms with Crippen LogP contribution < -0.4 is 0 Å². The number of alkyl halides is 3. The fourth-order valence-electron chi connectivity index (χ4n) is 2.98. The van der Waals surface area contributed by atoms with Crippen LogP contribution in [-0.4, -0.2) is 25.7 Å². The summed E-state index contributed by atoms with van der Waals surface area (Å²) in [5, 5.41) is 10.1. The van der Waals surface area contributed by atoms with Crippen molar-refractivity contribution in [3.8, 4) is 17.3 Å². The van der Waals surface area contributed by atoms with Gasteiger partial charge in [0.2, 0.25) is 0 Å². The second-order valence-electron chi connectivity index (χ2n) is 6.43. The molecule has 0 saturated heterocycles. The number of nitrogens with zero attached hydrogens (tertiary/aromatic N) is 4. The van der Waals surface area contributed by atoms with Crippen LogP contribution in [0.2, 0.25) is 0 Å². The minimum atomic E-state index is -4.52. The second-order valence-corrected chi connectivity index (χ2v) is 7.49. The van der Waals surface area contributed by atoms with E-state index in [4.69, 9.17) is 0 Å². The Labute approximate surface area is 174 Å². The fraction of sp³-hybridized carbons (Fsp3) is 0.143. The number of thioether (sulfide) groups is 1. The van der Waals surface area contributed by atoms with Crippen molar-refractivity contribution in [2.45, 2.75) is 17.8 Å². The first kappa shape index (κ1) is 19.9. The quantitative estimate of drug-likeness (QED) is 0.349. The molecule has 1 N–H and O–H groups in total. The predicted octanol–water partition coefficient (Wildman–Crippen LogP) is 5.25. The molecule has 0 atom stereocenters. The number of pyridine rings is 1. The highest BCUT2D eigenvalue weighted by atomic mass is 32.2. The highest BCUT2D eigenvalue weighted by Crippen LogP contribution is 2.35. The lowest BCUT2D eigenvalue weighted by molar-refractivity contribution is -0.137. The Kier molecular flexibility index (Phi) is 5.42. The van der Waals surface area contributed by atoms with Crippen molar-refractivity contribution in [1.82, 2.24) is 19.9 Å². The first-order valence-electron chi connectivity index (χ1n) is 8.94. The first-order chi connectivity index (χ1) is 14.5. The molecule has 0 aliphatic carbocycles. The van der Waals surface area contributed by atoms with Crippen LogP contribution in [0.3, 0.4) is 0 Å². The second kappa shape index (κ2) is 8.16. The van der Waals surface area contributed by atoms with Gasteiger partial charge in [-0.3, -0.25) is 0 Å². The summed E-state index contributed by atoms with van der Waals surface area (Å²) in [5.74, 6) is 0.725. The topological polar surface area (TPSA) is 78.2 Å². The van der Waals surface area contributed by atoms with E-state index in [1.54, 1.807) is 0 Å². The number of hydrogen-bond acceptors (Lipinski definition) is 5. The van der Waals surface area contributed by atoms with Crippen molar-refractivity contribution in [3.63, 3.8) is 0 Å². The minimum Gasteiger partial charge on any atom is -0.345 e. The third-order valence-electron chi connectivity index (χ3n) is 4.47. The van der Waals surface area contributed by atoms with E-state index in [2.05, 4.69) is 19.9 Å². The van der Waals surface area contributed by atoms with Crippen LogP contribution in [0.4, 0.5) is 13.2 Å². The predicted molar refractivity (Wildman–Crippen MR) is 108 cm³/mol. The Hall–Kier alpha value is -3.38. The number of halogens is 3. The highest BCUT2D eigenvalue weighted by Gasteiger charge is 2.31. The number of H-pyrrole nitrogens is 1. The van der Waals surface area contributed by atoms with Gasteiger partial charge in [-0.1, -0.05) is 42.1 Å². The maximum Gasteiger partial charge on any atom is 0.417 e. The third-order valence-corrected chi connectivity index (χ3v) is 5.33. The van der Waals surface area contributed by atoms with Crippen LogP contribution in [0.5, 0.6) is 0 Å². The molecule has 3 heterocycles. The molecule has 0 bridgehead atoms. The smallest absolute Gasteiger partial charge is 0.345 e. The van der Waals surface area contributed by atoms with Gasteiger partial charge in [0.1, 0.15) is 11.7 Å². The fourth-order valence-corrected chi connectivity index (χ4v) is 3.78. The third kappa shape index (κ3) is 4.14. The van der Waals surface area contributed by atoms with Crippen molar-refractivity contribution < 1.29 is 13.2 Å². The molecule has 3 aromatic heterocycles. The summed E-state index contributed by atoms with van der Waals surface area (Å²) in [6.45, 7) is 0. The Morgan fingerprint density at radius 2 is 1.90 bits per heavy atom. The molecule has 0 unspecified atom stereocenters. The van der Waals surface area contributed by atoms with Crippen LogP contribution in [0.15, 0.2) is 60.1 Å². The van der Waals surface area contributed by atoms with Crippen LogP contribution >= 0.6 is 11.8 Å². The molecule has 9 heteroatoms. The summed E-state index contributed by atoms with van der Waals surface area (Å²) < 4.78 is 39.3. The lowest BCUT2D eigenvalue weighted by atomic mass is 10.1. The van der Waals surface area contributed by atoms with E-state index in [1.165, 1.54) is 29.7 Å². The van der Waals surface area contributed by atoms with Gasteiger partial charge in [0.05, 0.1) is 16.8 Å². The maximum absolute atomic E-state index is 13.1. The molecule has 0 saturated carbocycles. The summed E-state index contributed by atoms with van der Waals surface area (Å²) in [5.41, 5.74) is 1.45. The first-order valence-corrected chi connectivity index (χ1v) is 9.93. The SMILES string of the molecule is N#Cc1cnc(SCCc2ccccc2)nc1-c1c[nH]c2ncc(C(F)(F)F)cc12. The Morgan fingerprint density at radius 3 is 2.63 bits per heavy atom. The van der Waals surface area contributed by atoms with Crippen LogP contribution in [0.1, 0.15) is 16.7 Å². The molecule has 0 spiro atoms. The van der Waals surface area contributed by atoms with Gasteiger partial charge in [-0.15, -0.1) is 0 Å². The summed E-state index contributed by atoms with van der Waals surface area (Å²) in [6.07, 6.45) is -0.0147. The van der Waals surface area contributed by atoms with Gasteiger partial charge in [-0.25, -0.2) is 15.0 Å². The molecule has 0 aliphatic rings. The summed E-state index contributed by atoms with van der Waals surface area (Å²) in [4.78, 5) is 15.4. The molecule has 0 amide bonds. The Bertz CT molecular complexity index is 1230. The van der Waals surface area contributed by atoms with Crippen molar-refractivity contribution in [2.75, 3.05) is 5.75 Å². The van der Waals surface area contributed by atoms with E-state index in [0.29, 0.717) is 16.4 Å². The number of hydrogen-bond donors (Lipinski definition) is 1. The van der Waals surface area contributed by atoms with E-state index >= 15 is 0 Å².